The normalized spacial score (nSPS) is 12.2. The number of para-hydroxylation sites is 1. The van der Waals surface area contributed by atoms with Gasteiger partial charge in [-0.3, -0.25) is 4.72 Å². The Bertz CT molecular complexity index is 1240. The fraction of sp³-hybridized carbons (Fsp3) is 0.294. The Labute approximate surface area is 169 Å². The van der Waals surface area contributed by atoms with Crippen LogP contribution in [0, 0.1) is 13.8 Å². The summed E-state index contributed by atoms with van der Waals surface area (Å²) in [6, 6.07) is 4.28. The molecule has 0 saturated heterocycles. The van der Waals surface area contributed by atoms with Gasteiger partial charge < -0.3 is 4.74 Å². The van der Waals surface area contributed by atoms with Crippen molar-refractivity contribution in [2.75, 3.05) is 11.3 Å². The van der Waals surface area contributed by atoms with Crippen molar-refractivity contribution in [2.24, 2.45) is 0 Å². The van der Waals surface area contributed by atoms with Crippen molar-refractivity contribution in [1.29, 1.82) is 0 Å². The van der Waals surface area contributed by atoms with Crippen molar-refractivity contribution in [1.82, 2.24) is 19.6 Å². The van der Waals surface area contributed by atoms with Crippen LogP contribution in [0.15, 0.2) is 29.4 Å². The molecule has 3 aromatic rings. The zero-order chi connectivity index (χ0) is 22.3. The monoisotopic (exact) mass is 443 g/mol. The summed E-state index contributed by atoms with van der Waals surface area (Å²) in [6.45, 7) is 4.66. The first-order valence-corrected chi connectivity index (χ1v) is 10.0. The Morgan fingerprint density at radius 3 is 2.57 bits per heavy atom. The van der Waals surface area contributed by atoms with E-state index in [1.54, 1.807) is 24.6 Å². The first-order chi connectivity index (χ1) is 13.9. The highest BCUT2D eigenvalue weighted by Crippen LogP contribution is 2.37. The highest BCUT2D eigenvalue weighted by molar-refractivity contribution is 7.92. The van der Waals surface area contributed by atoms with Crippen LogP contribution in [-0.4, -0.2) is 40.6 Å². The number of halogens is 3. The number of anilines is 1. The maximum Gasteiger partial charge on any atom is 0.418 e. The fourth-order valence-corrected chi connectivity index (χ4v) is 3.69. The summed E-state index contributed by atoms with van der Waals surface area (Å²) in [5.41, 5.74) is -1.84. The first kappa shape index (κ1) is 21.5. The van der Waals surface area contributed by atoms with Gasteiger partial charge in [-0.1, -0.05) is 6.07 Å². The van der Waals surface area contributed by atoms with Crippen LogP contribution >= 0.6 is 0 Å². The van der Waals surface area contributed by atoms with Gasteiger partial charge in [0.15, 0.2) is 0 Å². The molecule has 0 fully saturated rings. The van der Waals surface area contributed by atoms with Gasteiger partial charge in [0.2, 0.25) is 0 Å². The average Bonchev–Trinajstić information content (AvgIpc) is 3.06. The number of esters is 1. The molecule has 0 spiro atoms. The van der Waals surface area contributed by atoms with E-state index >= 15 is 0 Å². The molecule has 0 aliphatic rings. The molecule has 2 aromatic heterocycles. The molecule has 3 rings (SSSR count). The van der Waals surface area contributed by atoms with Crippen molar-refractivity contribution < 1.29 is 31.1 Å². The Morgan fingerprint density at radius 1 is 1.23 bits per heavy atom. The zero-order valence-electron chi connectivity index (χ0n) is 16.0. The third kappa shape index (κ3) is 4.06. The molecule has 0 saturated carbocycles. The predicted molar refractivity (Wildman–Crippen MR) is 98.5 cm³/mol. The van der Waals surface area contributed by atoms with Gasteiger partial charge in [-0.2, -0.15) is 26.6 Å². The number of hydrogen-bond acceptors (Lipinski definition) is 7. The molecule has 0 atom stereocenters. The minimum Gasteiger partial charge on any atom is -0.462 e. The second kappa shape index (κ2) is 7.55. The van der Waals surface area contributed by atoms with Gasteiger partial charge in [0, 0.05) is 11.4 Å². The average molecular weight is 443 g/mol. The van der Waals surface area contributed by atoms with Crippen molar-refractivity contribution >= 4 is 27.5 Å². The standard InChI is InChI=1S/C17H16F3N5O4S/c1-4-29-14(26)11-6-5-7-12(17(18,19)20)13(11)24-30(27,28)16-22-15-21-9(2)8-10(3)25(15)23-16/h5-8,24H,4H2,1-3H3. The van der Waals surface area contributed by atoms with Crippen molar-refractivity contribution in [3.8, 4) is 0 Å². The molecule has 30 heavy (non-hydrogen) atoms. The number of aromatic nitrogens is 4. The van der Waals surface area contributed by atoms with Crippen molar-refractivity contribution in [3.05, 3.63) is 46.8 Å². The number of nitrogens with zero attached hydrogens (tertiary/aromatic N) is 4. The molecule has 160 valence electrons. The Morgan fingerprint density at radius 2 is 1.93 bits per heavy atom. The number of fused-ring (bicyclic) bond motifs is 1. The molecule has 0 radical (unpaired) electrons. The smallest absolute Gasteiger partial charge is 0.418 e. The summed E-state index contributed by atoms with van der Waals surface area (Å²) in [5.74, 6) is -1.15. The number of benzene rings is 1. The lowest BCUT2D eigenvalue weighted by Crippen LogP contribution is -2.21. The number of sulfonamides is 1. The van der Waals surface area contributed by atoms with Gasteiger partial charge in [-0.05, 0) is 39.0 Å². The maximum atomic E-state index is 13.5. The van der Waals surface area contributed by atoms with Crippen LogP contribution in [0.4, 0.5) is 18.9 Å². The van der Waals surface area contributed by atoms with E-state index in [4.69, 9.17) is 4.74 Å². The van der Waals surface area contributed by atoms with E-state index in [0.29, 0.717) is 17.5 Å². The van der Waals surface area contributed by atoms with E-state index in [-0.39, 0.29) is 12.4 Å². The van der Waals surface area contributed by atoms with Gasteiger partial charge in [-0.15, -0.1) is 5.10 Å². The number of carbonyl (C=O) groups excluding carboxylic acids is 1. The van der Waals surface area contributed by atoms with Gasteiger partial charge in [0.25, 0.3) is 21.0 Å². The fourth-order valence-electron chi connectivity index (χ4n) is 2.72. The maximum absolute atomic E-state index is 13.5. The quantitative estimate of drug-likeness (QED) is 0.603. The van der Waals surface area contributed by atoms with Crippen molar-refractivity contribution in [2.45, 2.75) is 32.1 Å². The second-order valence-corrected chi connectivity index (χ2v) is 7.77. The van der Waals surface area contributed by atoms with Crippen LogP contribution in [0.2, 0.25) is 0 Å². The molecule has 9 nitrogen and oxygen atoms in total. The molecule has 0 amide bonds. The van der Waals surface area contributed by atoms with E-state index in [1.165, 1.54) is 6.92 Å². The Kier molecular flexibility index (Phi) is 5.41. The van der Waals surface area contributed by atoms with Gasteiger partial charge in [-0.25, -0.2) is 14.3 Å². The first-order valence-electron chi connectivity index (χ1n) is 8.55. The second-order valence-electron chi connectivity index (χ2n) is 6.20. The number of aryl methyl sites for hydroxylation is 2. The lowest BCUT2D eigenvalue weighted by molar-refractivity contribution is -0.136. The zero-order valence-corrected chi connectivity index (χ0v) is 16.8. The van der Waals surface area contributed by atoms with Gasteiger partial charge in [0.05, 0.1) is 23.4 Å². The highest BCUT2D eigenvalue weighted by atomic mass is 32.2. The van der Waals surface area contributed by atoms with E-state index in [9.17, 15) is 26.4 Å². The van der Waals surface area contributed by atoms with Crippen LogP contribution in [-0.2, 0) is 20.9 Å². The number of ether oxygens (including phenoxy) is 1. The molecule has 0 bridgehead atoms. The Balaban J connectivity index is 2.14. The molecular weight excluding hydrogens is 427 g/mol. The number of rotatable bonds is 5. The predicted octanol–water partition coefficient (Wildman–Crippen LogP) is 2.74. The molecule has 0 unspecified atom stereocenters. The minimum absolute atomic E-state index is 0.0393. The SMILES string of the molecule is CCOC(=O)c1cccc(C(F)(F)F)c1NS(=O)(=O)c1nc2nc(C)cc(C)n2n1. The largest absolute Gasteiger partial charge is 0.462 e. The molecule has 0 aliphatic carbocycles. The van der Waals surface area contributed by atoms with Crippen LogP contribution in [0.25, 0.3) is 5.78 Å². The summed E-state index contributed by atoms with van der Waals surface area (Å²) in [5, 5.41) is 3.02. The molecule has 1 aromatic carbocycles. The molecule has 0 aliphatic heterocycles. The molecule has 13 heteroatoms. The highest BCUT2D eigenvalue weighted by Gasteiger charge is 2.37. The summed E-state index contributed by atoms with van der Waals surface area (Å²) in [6.07, 6.45) is -4.94. The van der Waals surface area contributed by atoms with E-state index in [1.807, 2.05) is 0 Å². The summed E-state index contributed by atoms with van der Waals surface area (Å²) >= 11 is 0. The van der Waals surface area contributed by atoms with E-state index < -0.39 is 44.1 Å². The van der Waals surface area contributed by atoms with E-state index in [0.717, 1.165) is 16.6 Å². The number of hydrogen-bond donors (Lipinski definition) is 1. The number of carbonyl (C=O) groups is 1. The summed E-state index contributed by atoms with van der Waals surface area (Å²) < 4.78 is 73.7. The summed E-state index contributed by atoms with van der Waals surface area (Å²) in [7, 11) is -4.70. The lowest BCUT2D eigenvalue weighted by Gasteiger charge is -2.16. The number of alkyl halides is 3. The third-order valence-electron chi connectivity index (χ3n) is 3.94. The van der Waals surface area contributed by atoms with Crippen LogP contribution in [0.5, 0.6) is 0 Å². The topological polar surface area (TPSA) is 116 Å². The lowest BCUT2D eigenvalue weighted by atomic mass is 10.1. The molecule has 2 heterocycles. The molecule has 1 N–H and O–H groups in total. The van der Waals surface area contributed by atoms with Crippen molar-refractivity contribution in [3.63, 3.8) is 0 Å². The summed E-state index contributed by atoms with van der Waals surface area (Å²) in [4.78, 5) is 20.0. The van der Waals surface area contributed by atoms with Crippen LogP contribution in [0.1, 0.15) is 34.2 Å². The minimum atomic E-state index is -4.94. The third-order valence-corrected chi connectivity index (χ3v) is 5.07. The van der Waals surface area contributed by atoms with Gasteiger partial charge in [0.1, 0.15) is 0 Å². The van der Waals surface area contributed by atoms with Crippen LogP contribution in [0.3, 0.4) is 0 Å². The van der Waals surface area contributed by atoms with Crippen LogP contribution < -0.4 is 4.72 Å². The van der Waals surface area contributed by atoms with Gasteiger partial charge >= 0.3 is 12.1 Å². The van der Waals surface area contributed by atoms with E-state index in [2.05, 4.69) is 15.1 Å². The Hall–Kier alpha value is -3.22. The number of nitrogens with one attached hydrogen (secondary N) is 1. The molecular formula is C17H16F3N5O4S.